The zero-order valence-corrected chi connectivity index (χ0v) is 18.2. The van der Waals surface area contributed by atoms with Crippen molar-refractivity contribution in [1.29, 1.82) is 0 Å². The fourth-order valence-electron chi connectivity index (χ4n) is 2.98. The molecule has 0 aromatic heterocycles. The number of ketones is 1. The normalized spacial score (nSPS) is 19.4. The van der Waals surface area contributed by atoms with E-state index in [2.05, 4.69) is 15.9 Å². The van der Waals surface area contributed by atoms with Crippen molar-refractivity contribution in [3.05, 3.63) is 34.3 Å². The number of methoxy groups -OCH3 is 1. The molecule has 1 aromatic rings. The highest BCUT2D eigenvalue weighted by Gasteiger charge is 2.42. The molecule has 1 heterocycles. The number of halogens is 1. The number of amides is 1. The van der Waals surface area contributed by atoms with Crippen molar-refractivity contribution in [3.8, 4) is 0 Å². The summed E-state index contributed by atoms with van der Waals surface area (Å²) < 4.78 is 16.6. The third-order valence-electron chi connectivity index (χ3n) is 4.20. The van der Waals surface area contributed by atoms with E-state index < -0.39 is 23.7 Å². The van der Waals surface area contributed by atoms with Gasteiger partial charge in [-0.05, 0) is 39.3 Å². The lowest BCUT2D eigenvalue weighted by Gasteiger charge is -2.27. The molecular weight excluding hydrogens is 430 g/mol. The first-order chi connectivity index (χ1) is 13.1. The van der Waals surface area contributed by atoms with Gasteiger partial charge in [0.15, 0.2) is 12.4 Å². The average Bonchev–Trinajstić information content (AvgIpc) is 3.03. The number of hydrogen-bond acceptors (Lipinski definition) is 6. The van der Waals surface area contributed by atoms with E-state index in [0.29, 0.717) is 25.1 Å². The lowest BCUT2D eigenvalue weighted by atomic mass is 10.1. The molecule has 1 unspecified atom stereocenters. The van der Waals surface area contributed by atoms with Gasteiger partial charge in [0.05, 0.1) is 6.61 Å². The van der Waals surface area contributed by atoms with Crippen molar-refractivity contribution in [3.63, 3.8) is 0 Å². The van der Waals surface area contributed by atoms with E-state index in [1.54, 1.807) is 52.1 Å². The van der Waals surface area contributed by atoms with Crippen LogP contribution in [0.3, 0.4) is 0 Å². The van der Waals surface area contributed by atoms with Crippen LogP contribution >= 0.6 is 15.9 Å². The fourth-order valence-corrected chi connectivity index (χ4v) is 3.24. The van der Waals surface area contributed by atoms with Crippen molar-refractivity contribution in [1.82, 2.24) is 4.90 Å². The lowest BCUT2D eigenvalue weighted by Crippen LogP contribution is -2.44. The first kappa shape index (κ1) is 22.4. The number of benzene rings is 1. The predicted molar refractivity (Wildman–Crippen MR) is 106 cm³/mol. The maximum Gasteiger partial charge on any atom is 0.411 e. The molecular formula is C20H26BrNO6. The van der Waals surface area contributed by atoms with Gasteiger partial charge in [-0.1, -0.05) is 28.1 Å². The molecule has 0 spiro atoms. The Morgan fingerprint density at radius 2 is 1.82 bits per heavy atom. The maximum atomic E-state index is 12.6. The highest BCUT2D eigenvalue weighted by atomic mass is 79.9. The highest BCUT2D eigenvalue weighted by Crippen LogP contribution is 2.27. The molecule has 0 N–H and O–H groups in total. The van der Waals surface area contributed by atoms with E-state index in [9.17, 15) is 14.4 Å². The first-order valence-electron chi connectivity index (χ1n) is 9.04. The fraction of sp³-hybridized carbons (Fsp3) is 0.550. The van der Waals surface area contributed by atoms with Crippen molar-refractivity contribution in [2.45, 2.75) is 38.8 Å². The molecule has 2 rings (SSSR count). The van der Waals surface area contributed by atoms with Gasteiger partial charge in [0.1, 0.15) is 11.6 Å². The zero-order valence-electron chi connectivity index (χ0n) is 16.6. The lowest BCUT2D eigenvalue weighted by molar-refractivity contribution is -0.147. The van der Waals surface area contributed by atoms with Crippen molar-refractivity contribution in [2.24, 2.45) is 5.92 Å². The van der Waals surface area contributed by atoms with Gasteiger partial charge in [0.25, 0.3) is 0 Å². The molecule has 8 heteroatoms. The van der Waals surface area contributed by atoms with Crippen LogP contribution in [0.15, 0.2) is 28.7 Å². The second kappa shape index (κ2) is 9.52. The van der Waals surface area contributed by atoms with Crippen molar-refractivity contribution >= 4 is 33.8 Å². The molecule has 1 aliphatic rings. The molecule has 0 radical (unpaired) electrons. The second-order valence-corrected chi connectivity index (χ2v) is 8.66. The Hall–Kier alpha value is -1.93. The van der Waals surface area contributed by atoms with E-state index in [0.717, 1.165) is 4.47 Å². The summed E-state index contributed by atoms with van der Waals surface area (Å²) in [5, 5.41) is 0. The van der Waals surface area contributed by atoms with E-state index in [1.807, 2.05) is 0 Å². The summed E-state index contributed by atoms with van der Waals surface area (Å²) in [4.78, 5) is 38.7. The minimum absolute atomic E-state index is 0.00255. The Morgan fingerprint density at radius 3 is 2.39 bits per heavy atom. The second-order valence-electron chi connectivity index (χ2n) is 7.74. The zero-order chi connectivity index (χ0) is 20.9. The van der Waals surface area contributed by atoms with Gasteiger partial charge in [-0.3, -0.25) is 9.69 Å². The summed E-state index contributed by atoms with van der Waals surface area (Å²) in [6.45, 7) is 5.66. The molecule has 1 amide bonds. The summed E-state index contributed by atoms with van der Waals surface area (Å²) in [6, 6.07) is 5.99. The van der Waals surface area contributed by atoms with Crippen LogP contribution in [0, 0.1) is 5.92 Å². The van der Waals surface area contributed by atoms with Gasteiger partial charge in [0, 0.05) is 29.6 Å². The van der Waals surface area contributed by atoms with E-state index >= 15 is 0 Å². The summed E-state index contributed by atoms with van der Waals surface area (Å²) in [5.41, 5.74) is -0.230. The van der Waals surface area contributed by atoms with Crippen LogP contribution in [0.1, 0.15) is 37.6 Å². The number of esters is 1. The molecule has 1 saturated heterocycles. The van der Waals surface area contributed by atoms with Crippen LogP contribution in [0.5, 0.6) is 0 Å². The number of hydrogen-bond donors (Lipinski definition) is 0. The molecule has 0 bridgehead atoms. The van der Waals surface area contributed by atoms with Gasteiger partial charge < -0.3 is 14.2 Å². The van der Waals surface area contributed by atoms with Crippen molar-refractivity contribution in [2.75, 3.05) is 26.9 Å². The molecule has 7 nitrogen and oxygen atoms in total. The Morgan fingerprint density at radius 1 is 1.18 bits per heavy atom. The predicted octanol–water partition coefficient (Wildman–Crippen LogP) is 3.45. The number of nitrogens with zero attached hydrogens (tertiary/aromatic N) is 1. The number of Topliss-reactive ketones (excluding diaryl/α,β-unsaturated/α-hetero) is 1. The minimum Gasteiger partial charge on any atom is -0.456 e. The Balaban J connectivity index is 2.01. The van der Waals surface area contributed by atoms with Gasteiger partial charge in [0.2, 0.25) is 0 Å². The molecule has 2 atom stereocenters. The largest absolute Gasteiger partial charge is 0.456 e. The number of likely N-dealkylation sites (tertiary alicyclic amines) is 1. The van der Waals surface area contributed by atoms with Crippen LogP contribution in [0.4, 0.5) is 4.79 Å². The van der Waals surface area contributed by atoms with Crippen LogP contribution in [-0.2, 0) is 19.0 Å². The Labute approximate surface area is 173 Å². The summed E-state index contributed by atoms with van der Waals surface area (Å²) in [7, 11) is 1.57. The van der Waals surface area contributed by atoms with Gasteiger partial charge in [-0.2, -0.15) is 0 Å². The summed E-state index contributed by atoms with van der Waals surface area (Å²) in [5.74, 6) is -0.928. The highest BCUT2D eigenvalue weighted by molar-refractivity contribution is 9.10. The molecule has 1 aliphatic heterocycles. The Kier molecular flexibility index (Phi) is 7.60. The monoisotopic (exact) mass is 455 g/mol. The van der Waals surface area contributed by atoms with Crippen LogP contribution in [0.2, 0.25) is 0 Å². The third-order valence-corrected chi connectivity index (χ3v) is 4.73. The maximum absolute atomic E-state index is 12.6. The smallest absolute Gasteiger partial charge is 0.411 e. The molecule has 28 heavy (non-hydrogen) atoms. The standard InChI is InChI=1S/C20H26BrNO6/c1-20(2,3)28-19(25)22-10-13(11-26-4)9-16(22)18(24)27-12-17(23)14-5-7-15(21)8-6-14/h5-8,13,16H,9-12H2,1-4H3/t13?,16-/m0/s1. The number of rotatable bonds is 6. The van der Waals surface area contributed by atoms with E-state index in [4.69, 9.17) is 14.2 Å². The average molecular weight is 456 g/mol. The summed E-state index contributed by atoms with van der Waals surface area (Å²) in [6.07, 6.45) is -0.175. The van der Waals surface area contributed by atoms with Gasteiger partial charge in [-0.25, -0.2) is 9.59 Å². The summed E-state index contributed by atoms with van der Waals surface area (Å²) >= 11 is 3.30. The number of ether oxygens (including phenoxy) is 3. The SMILES string of the molecule is COCC1C[C@@H](C(=O)OCC(=O)c2ccc(Br)cc2)N(C(=O)OC(C)(C)C)C1. The van der Waals surface area contributed by atoms with Crippen molar-refractivity contribution < 1.29 is 28.6 Å². The quantitative estimate of drug-likeness (QED) is 0.482. The molecule has 1 aromatic carbocycles. The molecule has 0 saturated carbocycles. The van der Waals surface area contributed by atoms with Crippen LogP contribution in [0.25, 0.3) is 0 Å². The van der Waals surface area contributed by atoms with E-state index in [1.165, 1.54) is 4.90 Å². The number of carbonyl (C=O) groups is 3. The Bertz CT molecular complexity index is 712. The van der Waals surface area contributed by atoms with Crippen LogP contribution < -0.4 is 0 Å². The topological polar surface area (TPSA) is 82.1 Å². The number of carbonyl (C=O) groups excluding carboxylic acids is 3. The minimum atomic E-state index is -0.798. The van der Waals surface area contributed by atoms with Gasteiger partial charge in [-0.15, -0.1) is 0 Å². The molecule has 154 valence electrons. The molecule has 0 aliphatic carbocycles. The molecule has 1 fully saturated rings. The first-order valence-corrected chi connectivity index (χ1v) is 9.84. The van der Waals surface area contributed by atoms with E-state index in [-0.39, 0.29) is 18.3 Å². The van der Waals surface area contributed by atoms with Crippen LogP contribution in [-0.4, -0.2) is 61.3 Å². The third kappa shape index (κ3) is 6.31. The van der Waals surface area contributed by atoms with Gasteiger partial charge >= 0.3 is 12.1 Å².